The van der Waals surface area contributed by atoms with Crippen LogP contribution in [-0.4, -0.2) is 65.4 Å². The highest BCUT2D eigenvalue weighted by Gasteiger charge is 2.21. The third kappa shape index (κ3) is 7.28. The average molecular weight is 261 g/mol. The zero-order chi connectivity index (χ0) is 13.1. The predicted octanol–water partition coefficient (Wildman–Crippen LogP) is 0.823. The highest BCUT2D eigenvalue weighted by atomic mass is 16.5. The van der Waals surface area contributed by atoms with E-state index in [0.29, 0.717) is 45.2 Å². The average Bonchev–Trinajstić information content (AvgIpc) is 2.90. The van der Waals surface area contributed by atoms with Gasteiger partial charge in [-0.05, 0) is 19.8 Å². The van der Waals surface area contributed by atoms with E-state index in [1.54, 1.807) is 7.11 Å². The summed E-state index contributed by atoms with van der Waals surface area (Å²) in [6.45, 7) is 7.19. The fraction of sp³-hybridized carbons (Fsp3) is 1.00. The molecule has 0 bridgehead atoms. The summed E-state index contributed by atoms with van der Waals surface area (Å²) < 4.78 is 21.2. The minimum absolute atomic E-state index is 0.377. The van der Waals surface area contributed by atoms with Gasteiger partial charge in [-0.25, -0.2) is 0 Å². The van der Waals surface area contributed by atoms with Crippen molar-refractivity contribution < 1.29 is 18.9 Å². The molecule has 18 heavy (non-hydrogen) atoms. The molecule has 5 nitrogen and oxygen atoms in total. The molecule has 5 heteroatoms. The molecular weight excluding hydrogens is 234 g/mol. The van der Waals surface area contributed by atoms with Crippen LogP contribution >= 0.6 is 0 Å². The topological polar surface area (TPSA) is 49.0 Å². The van der Waals surface area contributed by atoms with Crippen LogP contribution in [0.5, 0.6) is 0 Å². The highest BCUT2D eigenvalue weighted by Crippen LogP contribution is 2.14. The van der Waals surface area contributed by atoms with Crippen LogP contribution in [0.3, 0.4) is 0 Å². The smallest absolute Gasteiger partial charge is 0.0726 e. The van der Waals surface area contributed by atoms with Gasteiger partial charge in [0.1, 0.15) is 0 Å². The normalized spacial score (nSPS) is 21.3. The van der Waals surface area contributed by atoms with Crippen LogP contribution in [0.25, 0.3) is 0 Å². The van der Waals surface area contributed by atoms with E-state index in [1.165, 1.54) is 12.8 Å². The largest absolute Gasteiger partial charge is 0.382 e. The van der Waals surface area contributed by atoms with E-state index in [1.807, 2.05) is 0 Å². The number of rotatable bonds is 11. The van der Waals surface area contributed by atoms with Crippen molar-refractivity contribution in [3.63, 3.8) is 0 Å². The van der Waals surface area contributed by atoms with Crippen molar-refractivity contribution >= 4 is 0 Å². The number of hydrogen-bond donors (Lipinski definition) is 1. The maximum Gasteiger partial charge on any atom is 0.0726 e. The molecule has 0 aromatic carbocycles. The number of ether oxygens (including phenoxy) is 4. The van der Waals surface area contributed by atoms with E-state index in [9.17, 15) is 0 Å². The molecule has 1 saturated heterocycles. The van der Waals surface area contributed by atoms with E-state index in [-0.39, 0.29) is 0 Å². The summed E-state index contributed by atoms with van der Waals surface area (Å²) in [5.41, 5.74) is 0. The van der Waals surface area contributed by atoms with Crippen molar-refractivity contribution in [1.82, 2.24) is 5.32 Å². The quantitative estimate of drug-likeness (QED) is 0.558. The highest BCUT2D eigenvalue weighted by molar-refractivity contribution is 4.76. The first kappa shape index (κ1) is 15.9. The van der Waals surface area contributed by atoms with Gasteiger partial charge in [-0.2, -0.15) is 0 Å². The van der Waals surface area contributed by atoms with Crippen molar-refractivity contribution in [3.05, 3.63) is 0 Å². The van der Waals surface area contributed by atoms with E-state index < -0.39 is 0 Å². The summed E-state index contributed by atoms with van der Waals surface area (Å²) in [7, 11) is 1.67. The zero-order valence-corrected chi connectivity index (χ0v) is 11.7. The maximum absolute atomic E-state index is 5.61. The number of nitrogens with one attached hydrogen (secondary N) is 1. The van der Waals surface area contributed by atoms with Crippen LogP contribution in [0.4, 0.5) is 0 Å². The van der Waals surface area contributed by atoms with E-state index >= 15 is 0 Å². The summed E-state index contributed by atoms with van der Waals surface area (Å²) in [4.78, 5) is 0. The van der Waals surface area contributed by atoms with E-state index in [0.717, 1.165) is 13.2 Å². The van der Waals surface area contributed by atoms with E-state index in [2.05, 4.69) is 12.2 Å². The van der Waals surface area contributed by atoms with Crippen LogP contribution < -0.4 is 5.32 Å². The van der Waals surface area contributed by atoms with Gasteiger partial charge in [-0.3, -0.25) is 0 Å². The summed E-state index contributed by atoms with van der Waals surface area (Å²) in [5, 5.41) is 3.42. The molecule has 0 amide bonds. The molecule has 108 valence electrons. The Kier molecular flexibility index (Phi) is 9.42. The molecule has 0 radical (unpaired) electrons. The molecule has 0 spiro atoms. The Bertz CT molecular complexity index is 186. The van der Waals surface area contributed by atoms with Gasteiger partial charge >= 0.3 is 0 Å². The third-order valence-corrected chi connectivity index (χ3v) is 3.04. The SMILES string of the molecule is COCCOCCOCCNC(C)C1CCCO1. The lowest BCUT2D eigenvalue weighted by atomic mass is 10.1. The van der Waals surface area contributed by atoms with Gasteiger partial charge < -0.3 is 24.3 Å². The molecular formula is C13H27NO4. The summed E-state index contributed by atoms with van der Waals surface area (Å²) >= 11 is 0. The van der Waals surface area contributed by atoms with Gasteiger partial charge in [0.15, 0.2) is 0 Å². The monoisotopic (exact) mass is 261 g/mol. The summed E-state index contributed by atoms with van der Waals surface area (Å²) in [5.74, 6) is 0. The molecule has 2 unspecified atom stereocenters. The minimum atomic E-state index is 0.377. The molecule has 1 aliphatic heterocycles. The van der Waals surface area contributed by atoms with Gasteiger partial charge in [-0.15, -0.1) is 0 Å². The minimum Gasteiger partial charge on any atom is -0.382 e. The van der Waals surface area contributed by atoms with Crippen LogP contribution in [-0.2, 0) is 18.9 Å². The molecule has 2 atom stereocenters. The molecule has 1 fully saturated rings. The number of methoxy groups -OCH3 is 1. The Morgan fingerprint density at radius 1 is 1.17 bits per heavy atom. The molecule has 1 N–H and O–H groups in total. The Balaban J connectivity index is 1.80. The van der Waals surface area contributed by atoms with Gasteiger partial charge in [-0.1, -0.05) is 0 Å². The van der Waals surface area contributed by atoms with E-state index in [4.69, 9.17) is 18.9 Å². The molecule has 0 aromatic rings. The Morgan fingerprint density at radius 3 is 2.56 bits per heavy atom. The number of hydrogen-bond acceptors (Lipinski definition) is 5. The summed E-state index contributed by atoms with van der Waals surface area (Å²) in [6.07, 6.45) is 2.73. The zero-order valence-electron chi connectivity index (χ0n) is 11.7. The lowest BCUT2D eigenvalue weighted by Crippen LogP contribution is -2.38. The van der Waals surface area contributed by atoms with Gasteiger partial charge in [0.25, 0.3) is 0 Å². The van der Waals surface area contributed by atoms with Crippen molar-refractivity contribution in [2.45, 2.75) is 31.9 Å². The molecule has 0 aliphatic carbocycles. The van der Waals surface area contributed by atoms with Gasteiger partial charge in [0, 0.05) is 26.3 Å². The molecule has 1 aliphatic rings. The van der Waals surface area contributed by atoms with Crippen molar-refractivity contribution in [2.75, 3.05) is 53.3 Å². The first-order valence-electron chi connectivity index (χ1n) is 6.84. The predicted molar refractivity (Wildman–Crippen MR) is 70.0 cm³/mol. The molecule has 0 saturated carbocycles. The van der Waals surface area contributed by atoms with Crippen molar-refractivity contribution in [3.8, 4) is 0 Å². The Hall–Kier alpha value is -0.200. The third-order valence-electron chi connectivity index (χ3n) is 3.04. The van der Waals surface area contributed by atoms with Crippen molar-refractivity contribution in [1.29, 1.82) is 0 Å². The maximum atomic E-state index is 5.61. The fourth-order valence-electron chi connectivity index (χ4n) is 1.95. The first-order chi connectivity index (χ1) is 8.84. The van der Waals surface area contributed by atoms with Crippen LogP contribution in [0.1, 0.15) is 19.8 Å². The Morgan fingerprint density at radius 2 is 1.89 bits per heavy atom. The van der Waals surface area contributed by atoms with Gasteiger partial charge in [0.05, 0.1) is 39.1 Å². The second-order valence-corrected chi connectivity index (χ2v) is 4.51. The second kappa shape index (κ2) is 10.7. The molecule has 0 aromatic heterocycles. The van der Waals surface area contributed by atoms with Gasteiger partial charge in [0.2, 0.25) is 0 Å². The van der Waals surface area contributed by atoms with Crippen LogP contribution in [0, 0.1) is 0 Å². The van der Waals surface area contributed by atoms with Crippen LogP contribution in [0.2, 0.25) is 0 Å². The molecule has 1 rings (SSSR count). The first-order valence-corrected chi connectivity index (χ1v) is 6.84. The standard InChI is InChI=1S/C13H27NO4/c1-12(13-4-3-6-18-13)14-5-7-16-10-11-17-9-8-15-2/h12-14H,3-11H2,1-2H3. The summed E-state index contributed by atoms with van der Waals surface area (Å²) in [6, 6.07) is 0.411. The molecule has 1 heterocycles. The van der Waals surface area contributed by atoms with Crippen molar-refractivity contribution in [2.24, 2.45) is 0 Å². The lowest BCUT2D eigenvalue weighted by molar-refractivity contribution is 0.0236. The second-order valence-electron chi connectivity index (χ2n) is 4.51. The Labute approximate surface area is 110 Å². The van der Waals surface area contributed by atoms with Crippen LogP contribution in [0.15, 0.2) is 0 Å². The fourth-order valence-corrected chi connectivity index (χ4v) is 1.95. The lowest BCUT2D eigenvalue weighted by Gasteiger charge is -2.19.